The smallest absolute Gasteiger partial charge is 0.320 e. The first-order chi connectivity index (χ1) is 12.7. The molecule has 1 aromatic carbocycles. The average molecular weight is 517 g/mol. The summed E-state index contributed by atoms with van der Waals surface area (Å²) < 4.78 is 10.8. The molecule has 2 N–H and O–H groups in total. The van der Waals surface area contributed by atoms with Crippen molar-refractivity contribution in [1.29, 1.82) is 0 Å². The molecule has 0 aliphatic carbocycles. The van der Waals surface area contributed by atoms with Crippen LogP contribution in [0.15, 0.2) is 35.4 Å². The zero-order chi connectivity index (χ0) is 18.2. The Morgan fingerprint density at radius 3 is 2.75 bits per heavy atom. The van der Waals surface area contributed by atoms with Crippen molar-refractivity contribution < 1.29 is 48.5 Å². The second-order valence-electron chi connectivity index (χ2n) is 5.85. The van der Waals surface area contributed by atoms with Crippen LogP contribution in [0.4, 0.5) is 11.6 Å². The van der Waals surface area contributed by atoms with E-state index in [1.54, 1.807) is 6.21 Å². The number of ether oxygens (including phenoxy) is 2. The van der Waals surface area contributed by atoms with Crippen LogP contribution in [0.3, 0.4) is 0 Å². The molecule has 0 spiro atoms. The molecule has 10 heteroatoms. The summed E-state index contributed by atoms with van der Waals surface area (Å²) >= 11 is 0. The molecule has 0 saturated carbocycles. The number of aliphatic hydroxyl groups is 1. The SMILES string of the molecule is Cc1cccc(/C=N/Nc2cc(N3CCOCC3)nc(OCCO)n2)c1.[Br-].[Br-]. The van der Waals surface area contributed by atoms with Gasteiger partial charge in [0.25, 0.3) is 0 Å². The molecule has 0 unspecified atom stereocenters. The molecule has 0 atom stereocenters. The molecule has 1 aromatic heterocycles. The van der Waals surface area contributed by atoms with E-state index in [-0.39, 0.29) is 53.2 Å². The topological polar surface area (TPSA) is 92.1 Å². The Hall–Kier alpha value is -1.75. The van der Waals surface area contributed by atoms with E-state index in [0.29, 0.717) is 19.0 Å². The van der Waals surface area contributed by atoms with Gasteiger partial charge in [0.1, 0.15) is 12.4 Å². The fraction of sp³-hybridized carbons (Fsp3) is 0.389. The van der Waals surface area contributed by atoms with Crippen LogP contribution in [0.5, 0.6) is 6.01 Å². The highest BCUT2D eigenvalue weighted by atomic mass is 79.9. The third-order valence-corrected chi connectivity index (χ3v) is 3.78. The Labute approximate surface area is 185 Å². The van der Waals surface area contributed by atoms with E-state index in [0.717, 1.165) is 24.5 Å². The number of nitrogens with zero attached hydrogens (tertiary/aromatic N) is 4. The summed E-state index contributed by atoms with van der Waals surface area (Å²) in [6.07, 6.45) is 1.73. The molecule has 1 fully saturated rings. The first-order valence-electron chi connectivity index (χ1n) is 8.56. The fourth-order valence-corrected chi connectivity index (χ4v) is 2.55. The quantitative estimate of drug-likeness (QED) is 0.283. The lowest BCUT2D eigenvalue weighted by Gasteiger charge is -2.28. The number of hydrogen-bond donors (Lipinski definition) is 2. The lowest BCUT2D eigenvalue weighted by atomic mass is 10.2. The molecule has 0 bridgehead atoms. The predicted octanol–water partition coefficient (Wildman–Crippen LogP) is -4.55. The van der Waals surface area contributed by atoms with Crippen molar-refractivity contribution in [3.63, 3.8) is 0 Å². The fourth-order valence-electron chi connectivity index (χ4n) is 2.55. The Morgan fingerprint density at radius 1 is 1.25 bits per heavy atom. The minimum atomic E-state index is -0.0978. The Kier molecular flexibility index (Phi) is 11.0. The molecular formula is C18H23Br2N5O3-2. The molecule has 2 heterocycles. The minimum absolute atomic E-state index is 0. The van der Waals surface area contributed by atoms with Gasteiger partial charge in [-0.05, 0) is 12.5 Å². The number of hydrogen-bond acceptors (Lipinski definition) is 8. The van der Waals surface area contributed by atoms with Crippen LogP contribution in [0, 0.1) is 6.92 Å². The number of hydrazone groups is 1. The lowest BCUT2D eigenvalue weighted by Crippen LogP contribution is -3.00. The van der Waals surface area contributed by atoms with Gasteiger partial charge in [0, 0.05) is 19.2 Å². The maximum absolute atomic E-state index is 8.96. The molecule has 2 aromatic rings. The summed E-state index contributed by atoms with van der Waals surface area (Å²) in [5, 5.41) is 13.2. The number of aromatic nitrogens is 2. The van der Waals surface area contributed by atoms with Crippen molar-refractivity contribution in [2.75, 3.05) is 49.8 Å². The van der Waals surface area contributed by atoms with Crippen molar-refractivity contribution >= 4 is 17.9 Å². The van der Waals surface area contributed by atoms with E-state index in [9.17, 15) is 0 Å². The Bertz CT molecular complexity index is 758. The molecule has 154 valence electrons. The van der Waals surface area contributed by atoms with Gasteiger partial charge in [0.05, 0.1) is 26.0 Å². The van der Waals surface area contributed by atoms with Crippen LogP contribution in [0.2, 0.25) is 0 Å². The molecule has 0 radical (unpaired) electrons. The second kappa shape index (κ2) is 12.7. The second-order valence-corrected chi connectivity index (χ2v) is 5.85. The van der Waals surface area contributed by atoms with Gasteiger partial charge in [-0.3, -0.25) is 5.43 Å². The molecule has 28 heavy (non-hydrogen) atoms. The van der Waals surface area contributed by atoms with Crippen LogP contribution in [0.25, 0.3) is 0 Å². The average Bonchev–Trinajstić information content (AvgIpc) is 2.67. The standard InChI is InChI=1S/C18H23N5O3.2BrH/c1-14-3-2-4-15(11-14)13-19-22-16-12-17(23-5-8-25-9-6-23)21-18(20-16)26-10-7-24;;/h2-4,11-13,24H,5-10H2,1H3,(H,20,21,22);2*1H/p-2/b19-13+;;. The Balaban J connectivity index is 0.00000196. The van der Waals surface area contributed by atoms with E-state index in [2.05, 4.69) is 25.4 Å². The van der Waals surface area contributed by atoms with Gasteiger partial charge in [0.15, 0.2) is 5.82 Å². The molecule has 3 rings (SSSR count). The highest BCUT2D eigenvalue weighted by Crippen LogP contribution is 2.20. The number of rotatable bonds is 7. The molecule has 1 aliphatic heterocycles. The van der Waals surface area contributed by atoms with Crippen molar-refractivity contribution in [3.8, 4) is 6.01 Å². The van der Waals surface area contributed by atoms with Crippen molar-refractivity contribution in [2.45, 2.75) is 6.92 Å². The minimum Gasteiger partial charge on any atom is -1.00 e. The number of halogens is 2. The third-order valence-electron chi connectivity index (χ3n) is 3.78. The van der Waals surface area contributed by atoms with Crippen LogP contribution in [-0.4, -0.2) is 60.8 Å². The third kappa shape index (κ3) is 7.34. The van der Waals surface area contributed by atoms with Crippen LogP contribution in [0.1, 0.15) is 11.1 Å². The van der Waals surface area contributed by atoms with Gasteiger partial charge in [-0.1, -0.05) is 29.8 Å². The van der Waals surface area contributed by atoms with Gasteiger partial charge >= 0.3 is 6.01 Å². The largest absolute Gasteiger partial charge is 1.00 e. The summed E-state index contributed by atoms with van der Waals surface area (Å²) in [5.41, 5.74) is 5.10. The van der Waals surface area contributed by atoms with Gasteiger partial charge < -0.3 is 53.4 Å². The molecular weight excluding hydrogens is 494 g/mol. The molecule has 8 nitrogen and oxygen atoms in total. The molecule has 0 amide bonds. The predicted molar refractivity (Wildman–Crippen MR) is 100 cm³/mol. The number of morpholine rings is 1. The van der Waals surface area contributed by atoms with Crippen LogP contribution in [-0.2, 0) is 4.74 Å². The van der Waals surface area contributed by atoms with Crippen LogP contribution >= 0.6 is 0 Å². The highest BCUT2D eigenvalue weighted by Gasteiger charge is 2.15. The highest BCUT2D eigenvalue weighted by molar-refractivity contribution is 5.80. The van der Waals surface area contributed by atoms with Gasteiger partial charge in [-0.25, -0.2) is 0 Å². The zero-order valence-electron chi connectivity index (χ0n) is 15.5. The first-order valence-corrected chi connectivity index (χ1v) is 8.56. The van der Waals surface area contributed by atoms with Crippen LogP contribution < -0.4 is 49.0 Å². The van der Waals surface area contributed by atoms with E-state index >= 15 is 0 Å². The number of anilines is 2. The number of nitrogens with one attached hydrogen (secondary N) is 1. The summed E-state index contributed by atoms with van der Waals surface area (Å²) in [4.78, 5) is 10.8. The van der Waals surface area contributed by atoms with Gasteiger partial charge in [0.2, 0.25) is 0 Å². The maximum atomic E-state index is 8.96. The monoisotopic (exact) mass is 515 g/mol. The normalized spacial score (nSPS) is 13.6. The van der Waals surface area contributed by atoms with E-state index in [1.165, 1.54) is 5.56 Å². The number of aliphatic hydroxyl groups excluding tert-OH is 1. The lowest BCUT2D eigenvalue weighted by molar-refractivity contribution is -0.001000. The van der Waals surface area contributed by atoms with Gasteiger partial charge in [-0.15, -0.1) is 0 Å². The van der Waals surface area contributed by atoms with Crippen molar-refractivity contribution in [1.82, 2.24) is 9.97 Å². The molecule has 1 aliphatic rings. The summed E-state index contributed by atoms with van der Waals surface area (Å²) in [6, 6.07) is 10.1. The van der Waals surface area contributed by atoms with E-state index < -0.39 is 0 Å². The van der Waals surface area contributed by atoms with Crippen molar-refractivity contribution in [2.24, 2.45) is 5.10 Å². The summed E-state index contributed by atoms with van der Waals surface area (Å²) in [7, 11) is 0. The van der Waals surface area contributed by atoms with E-state index in [4.69, 9.17) is 14.6 Å². The number of benzene rings is 1. The summed E-state index contributed by atoms with van der Waals surface area (Å²) in [5.74, 6) is 1.27. The van der Waals surface area contributed by atoms with Gasteiger partial charge in [-0.2, -0.15) is 15.1 Å². The van der Waals surface area contributed by atoms with Crippen molar-refractivity contribution in [3.05, 3.63) is 41.5 Å². The number of aryl methyl sites for hydroxylation is 1. The zero-order valence-corrected chi connectivity index (χ0v) is 18.7. The first kappa shape index (κ1) is 24.3. The maximum Gasteiger partial charge on any atom is 0.320 e. The molecule has 1 saturated heterocycles. The Morgan fingerprint density at radius 2 is 2.04 bits per heavy atom. The summed E-state index contributed by atoms with van der Waals surface area (Å²) in [6.45, 7) is 4.90. The van der Waals surface area contributed by atoms with E-state index in [1.807, 2.05) is 37.3 Å².